The third kappa shape index (κ3) is 5.35. The first kappa shape index (κ1) is 28.6. The first-order valence-electron chi connectivity index (χ1n) is 16.4. The zero-order valence-electron chi connectivity index (χ0n) is 26.6. The summed E-state index contributed by atoms with van der Waals surface area (Å²) in [5.74, 6) is 0.715. The van der Waals surface area contributed by atoms with Crippen LogP contribution in [0.1, 0.15) is 0 Å². The summed E-state index contributed by atoms with van der Waals surface area (Å²) in [5.41, 5.74) is 12.8. The monoisotopic (exact) mass is 626 g/mol. The summed E-state index contributed by atoms with van der Waals surface area (Å²) in [7, 11) is 0. The molecule has 9 aromatic rings. The fraction of sp³-hybridized carbons (Fsp3) is 0. The second-order valence-electron chi connectivity index (χ2n) is 12.1. The van der Waals surface area contributed by atoms with E-state index in [1.165, 1.54) is 27.5 Å². The maximum Gasteiger partial charge on any atom is 0.160 e. The number of fused-ring (bicyclic) bond motifs is 2. The van der Waals surface area contributed by atoms with Crippen molar-refractivity contribution in [1.29, 1.82) is 0 Å². The number of hydrogen-bond acceptors (Lipinski definition) is 3. The normalized spacial score (nSPS) is 11.3. The molecule has 0 saturated heterocycles. The van der Waals surface area contributed by atoms with Crippen LogP contribution in [0.5, 0.6) is 0 Å². The quantitative estimate of drug-likeness (QED) is 0.184. The summed E-state index contributed by atoms with van der Waals surface area (Å²) in [6.07, 6.45) is 1.89. The highest BCUT2D eigenvalue weighted by molar-refractivity contribution is 6.06. The molecule has 9 rings (SSSR count). The first-order valence-corrected chi connectivity index (χ1v) is 16.4. The van der Waals surface area contributed by atoms with Crippen LogP contribution in [0.4, 0.5) is 0 Å². The Morgan fingerprint density at radius 1 is 0.408 bits per heavy atom. The molecule has 49 heavy (non-hydrogen) atoms. The molecule has 0 N–H and O–H groups in total. The molecule has 2 heterocycles. The zero-order valence-corrected chi connectivity index (χ0v) is 26.6. The standard InChI is InChI=1S/C45H30N4/c1-3-11-33(12-4-1)41-29-42(48-45(47-41)36-13-5-2-6-14-36)34-23-21-31(22-24-34)38-17-9-15-35-16-10-18-39(44(35)38)32-25-27-37(28-26-32)49-30-46-40-19-7-8-20-43(40)49/h1-30H. The average Bonchev–Trinajstić information content (AvgIpc) is 3.62. The Balaban J connectivity index is 1.10. The van der Waals surface area contributed by atoms with Gasteiger partial charge in [-0.15, -0.1) is 0 Å². The Hall–Kier alpha value is -6.65. The summed E-state index contributed by atoms with van der Waals surface area (Å²) >= 11 is 0. The van der Waals surface area contributed by atoms with Crippen LogP contribution in [-0.4, -0.2) is 19.5 Å². The van der Waals surface area contributed by atoms with E-state index in [-0.39, 0.29) is 0 Å². The maximum atomic E-state index is 5.03. The van der Waals surface area contributed by atoms with Crippen molar-refractivity contribution in [3.63, 3.8) is 0 Å². The van der Waals surface area contributed by atoms with E-state index in [9.17, 15) is 0 Å². The SMILES string of the molecule is c1ccc(-c2cc(-c3ccc(-c4cccc5cccc(-c6ccc(-n7cnc8ccccc87)cc6)c45)cc3)nc(-c3ccccc3)n2)cc1. The maximum absolute atomic E-state index is 5.03. The van der Waals surface area contributed by atoms with Crippen molar-refractivity contribution in [2.45, 2.75) is 0 Å². The molecule has 7 aromatic carbocycles. The van der Waals surface area contributed by atoms with Crippen LogP contribution in [0.15, 0.2) is 182 Å². The van der Waals surface area contributed by atoms with E-state index in [1.807, 2.05) is 54.9 Å². The Morgan fingerprint density at radius 3 is 1.59 bits per heavy atom. The molecule has 0 atom stereocenters. The minimum atomic E-state index is 0.715. The summed E-state index contributed by atoms with van der Waals surface area (Å²) in [6.45, 7) is 0. The summed E-state index contributed by atoms with van der Waals surface area (Å²) < 4.78 is 2.14. The van der Waals surface area contributed by atoms with Gasteiger partial charge in [0.05, 0.1) is 22.4 Å². The van der Waals surface area contributed by atoms with E-state index in [4.69, 9.17) is 9.97 Å². The molecule has 0 spiro atoms. The van der Waals surface area contributed by atoms with E-state index >= 15 is 0 Å². The second-order valence-corrected chi connectivity index (χ2v) is 12.1. The minimum Gasteiger partial charge on any atom is -0.299 e. The van der Waals surface area contributed by atoms with E-state index < -0.39 is 0 Å². The molecule has 0 aliphatic heterocycles. The number of nitrogens with zero attached hydrogens (tertiary/aromatic N) is 4. The molecule has 0 amide bonds. The summed E-state index contributed by atoms with van der Waals surface area (Å²) in [4.78, 5) is 14.6. The van der Waals surface area contributed by atoms with Gasteiger partial charge >= 0.3 is 0 Å². The Kier molecular flexibility index (Phi) is 7.10. The molecule has 0 aliphatic rings. The van der Waals surface area contributed by atoms with Crippen LogP contribution in [0.25, 0.3) is 83.6 Å². The highest BCUT2D eigenvalue weighted by atomic mass is 15.0. The van der Waals surface area contributed by atoms with Gasteiger partial charge in [-0.1, -0.05) is 146 Å². The highest BCUT2D eigenvalue weighted by Gasteiger charge is 2.14. The zero-order chi connectivity index (χ0) is 32.6. The molecule has 0 radical (unpaired) electrons. The number of imidazole rings is 1. The number of para-hydroxylation sites is 2. The van der Waals surface area contributed by atoms with Gasteiger partial charge in [0, 0.05) is 22.4 Å². The van der Waals surface area contributed by atoms with Crippen molar-refractivity contribution in [1.82, 2.24) is 19.5 Å². The van der Waals surface area contributed by atoms with Crippen LogP contribution in [0.2, 0.25) is 0 Å². The molecule has 0 unspecified atom stereocenters. The number of hydrogen-bond donors (Lipinski definition) is 0. The van der Waals surface area contributed by atoms with Crippen LogP contribution in [0, 0.1) is 0 Å². The fourth-order valence-electron chi connectivity index (χ4n) is 6.68. The predicted molar refractivity (Wildman–Crippen MR) is 201 cm³/mol. The van der Waals surface area contributed by atoms with Gasteiger partial charge in [0.15, 0.2) is 5.82 Å². The van der Waals surface area contributed by atoms with Gasteiger partial charge in [-0.25, -0.2) is 15.0 Å². The molecule has 230 valence electrons. The van der Waals surface area contributed by atoms with Gasteiger partial charge in [0.1, 0.15) is 6.33 Å². The van der Waals surface area contributed by atoms with Gasteiger partial charge in [0.25, 0.3) is 0 Å². The van der Waals surface area contributed by atoms with E-state index in [1.54, 1.807) is 0 Å². The van der Waals surface area contributed by atoms with Crippen molar-refractivity contribution in [3.8, 4) is 61.8 Å². The average molecular weight is 627 g/mol. The van der Waals surface area contributed by atoms with E-state index in [2.05, 4.69) is 137 Å². The number of benzene rings is 7. The Labute approximate surface area is 284 Å². The molecule has 0 fully saturated rings. The van der Waals surface area contributed by atoms with Gasteiger partial charge in [-0.2, -0.15) is 0 Å². The van der Waals surface area contributed by atoms with E-state index in [0.29, 0.717) is 5.82 Å². The number of rotatable bonds is 6. The van der Waals surface area contributed by atoms with Crippen molar-refractivity contribution in [3.05, 3.63) is 182 Å². The smallest absolute Gasteiger partial charge is 0.160 e. The van der Waals surface area contributed by atoms with E-state index in [0.717, 1.165) is 50.4 Å². The van der Waals surface area contributed by atoms with Crippen molar-refractivity contribution < 1.29 is 0 Å². The van der Waals surface area contributed by atoms with Gasteiger partial charge in [-0.3, -0.25) is 4.57 Å². The number of aromatic nitrogens is 4. The fourth-order valence-corrected chi connectivity index (χ4v) is 6.68. The lowest BCUT2D eigenvalue weighted by atomic mass is 9.91. The van der Waals surface area contributed by atoms with Crippen molar-refractivity contribution in [2.24, 2.45) is 0 Å². The third-order valence-electron chi connectivity index (χ3n) is 9.13. The lowest BCUT2D eigenvalue weighted by molar-refractivity contribution is 1.09. The van der Waals surface area contributed by atoms with Crippen LogP contribution in [0.3, 0.4) is 0 Å². The van der Waals surface area contributed by atoms with Crippen LogP contribution in [-0.2, 0) is 0 Å². The topological polar surface area (TPSA) is 43.6 Å². The summed E-state index contributed by atoms with van der Waals surface area (Å²) in [5, 5.41) is 2.44. The lowest BCUT2D eigenvalue weighted by Gasteiger charge is -2.14. The molecular weight excluding hydrogens is 597 g/mol. The Morgan fingerprint density at radius 2 is 0.939 bits per heavy atom. The Bertz CT molecular complexity index is 2510. The first-order chi connectivity index (χ1) is 24.3. The largest absolute Gasteiger partial charge is 0.299 e. The third-order valence-corrected chi connectivity index (χ3v) is 9.13. The molecule has 4 nitrogen and oxygen atoms in total. The molecular formula is C45H30N4. The predicted octanol–water partition coefficient (Wildman–Crippen LogP) is 11.3. The highest BCUT2D eigenvalue weighted by Crippen LogP contribution is 2.38. The molecule has 2 aromatic heterocycles. The molecule has 0 saturated carbocycles. The summed E-state index contributed by atoms with van der Waals surface area (Å²) in [6, 6.07) is 61.4. The minimum absolute atomic E-state index is 0.715. The second kappa shape index (κ2) is 12.2. The molecule has 4 heteroatoms. The van der Waals surface area contributed by atoms with Crippen molar-refractivity contribution >= 4 is 21.8 Å². The van der Waals surface area contributed by atoms with Crippen LogP contribution >= 0.6 is 0 Å². The molecule has 0 bridgehead atoms. The van der Waals surface area contributed by atoms with Crippen LogP contribution < -0.4 is 0 Å². The van der Waals surface area contributed by atoms with Gasteiger partial charge in [0.2, 0.25) is 0 Å². The lowest BCUT2D eigenvalue weighted by Crippen LogP contribution is -1.95. The molecule has 0 aliphatic carbocycles. The van der Waals surface area contributed by atoms with Gasteiger partial charge in [-0.05, 0) is 63.4 Å². The van der Waals surface area contributed by atoms with Gasteiger partial charge < -0.3 is 0 Å². The van der Waals surface area contributed by atoms with Crippen molar-refractivity contribution in [2.75, 3.05) is 0 Å².